The second-order valence-corrected chi connectivity index (χ2v) is 7.68. The Morgan fingerprint density at radius 2 is 1.80 bits per heavy atom. The number of ether oxygens (including phenoxy) is 1. The Balaban J connectivity index is 2.35. The molecule has 0 unspecified atom stereocenters. The van der Waals surface area contributed by atoms with E-state index in [2.05, 4.69) is 0 Å². The molecule has 25 heavy (non-hydrogen) atoms. The number of carboxylic acids is 1. The molecule has 2 rings (SSSR count). The van der Waals surface area contributed by atoms with Crippen LogP contribution in [0.25, 0.3) is 0 Å². The Labute approximate surface area is 147 Å². The summed E-state index contributed by atoms with van der Waals surface area (Å²) in [5.74, 6) is -0.605. The first-order chi connectivity index (χ1) is 11.8. The maximum absolute atomic E-state index is 12.7. The number of aryl methyl sites for hydroxylation is 1. The van der Waals surface area contributed by atoms with Crippen LogP contribution in [0.5, 0.6) is 5.75 Å². The van der Waals surface area contributed by atoms with Crippen LogP contribution in [0, 0.1) is 6.92 Å². The van der Waals surface area contributed by atoms with Crippen molar-refractivity contribution in [3.05, 3.63) is 59.2 Å². The van der Waals surface area contributed by atoms with Crippen LogP contribution in [0.4, 0.5) is 0 Å². The largest absolute Gasteiger partial charge is 0.494 e. The van der Waals surface area contributed by atoms with Gasteiger partial charge in [0.1, 0.15) is 5.75 Å². The molecular weight excluding hydrogens is 342 g/mol. The van der Waals surface area contributed by atoms with E-state index in [-0.39, 0.29) is 17.0 Å². The molecule has 2 aromatic carbocycles. The summed E-state index contributed by atoms with van der Waals surface area (Å²) >= 11 is 0. The average molecular weight is 363 g/mol. The van der Waals surface area contributed by atoms with Crippen molar-refractivity contribution >= 4 is 16.0 Å². The molecule has 0 aromatic heterocycles. The smallest absolute Gasteiger partial charge is 0.335 e. The fraction of sp³-hybridized carbons (Fsp3) is 0.278. The van der Waals surface area contributed by atoms with Gasteiger partial charge in [0.25, 0.3) is 0 Å². The van der Waals surface area contributed by atoms with Gasteiger partial charge in [0.2, 0.25) is 10.0 Å². The molecule has 0 heterocycles. The van der Waals surface area contributed by atoms with Gasteiger partial charge in [-0.25, -0.2) is 13.2 Å². The van der Waals surface area contributed by atoms with Gasteiger partial charge in [0.05, 0.1) is 17.1 Å². The molecule has 0 spiro atoms. The van der Waals surface area contributed by atoms with E-state index in [0.29, 0.717) is 17.9 Å². The van der Waals surface area contributed by atoms with E-state index >= 15 is 0 Å². The monoisotopic (exact) mass is 363 g/mol. The van der Waals surface area contributed by atoms with Crippen LogP contribution in [0.1, 0.15) is 28.4 Å². The SMILES string of the molecule is CCOc1ccc(C(=O)O)cc1CN(C)S(=O)(=O)c1ccc(C)cc1. The van der Waals surface area contributed by atoms with E-state index in [1.54, 1.807) is 30.3 Å². The highest BCUT2D eigenvalue weighted by molar-refractivity contribution is 7.89. The van der Waals surface area contributed by atoms with Gasteiger partial charge >= 0.3 is 5.97 Å². The van der Waals surface area contributed by atoms with Gasteiger partial charge < -0.3 is 9.84 Å². The molecule has 0 aliphatic carbocycles. The number of hydrogen-bond donors (Lipinski definition) is 1. The zero-order valence-corrected chi connectivity index (χ0v) is 15.2. The van der Waals surface area contributed by atoms with E-state index in [1.165, 1.54) is 23.5 Å². The molecule has 7 heteroatoms. The van der Waals surface area contributed by atoms with Crippen molar-refractivity contribution in [2.45, 2.75) is 25.3 Å². The van der Waals surface area contributed by atoms with Crippen molar-refractivity contribution in [2.75, 3.05) is 13.7 Å². The molecule has 0 aliphatic rings. The zero-order valence-electron chi connectivity index (χ0n) is 14.4. The molecule has 0 saturated carbocycles. The summed E-state index contributed by atoms with van der Waals surface area (Å²) in [5.41, 5.74) is 1.55. The van der Waals surface area contributed by atoms with Crippen LogP contribution < -0.4 is 4.74 Å². The highest BCUT2D eigenvalue weighted by Crippen LogP contribution is 2.24. The molecule has 134 valence electrons. The fourth-order valence-corrected chi connectivity index (χ4v) is 3.50. The molecule has 2 aromatic rings. The van der Waals surface area contributed by atoms with Gasteiger partial charge in [-0.05, 0) is 44.2 Å². The maximum Gasteiger partial charge on any atom is 0.335 e. The average Bonchev–Trinajstić information content (AvgIpc) is 2.56. The third kappa shape index (κ3) is 4.37. The molecule has 0 bridgehead atoms. The summed E-state index contributed by atoms with van der Waals surface area (Å²) in [4.78, 5) is 11.4. The molecule has 0 aliphatic heterocycles. The number of carboxylic acid groups (broad SMARTS) is 1. The third-order valence-electron chi connectivity index (χ3n) is 3.73. The van der Waals surface area contributed by atoms with Crippen molar-refractivity contribution in [1.29, 1.82) is 0 Å². The van der Waals surface area contributed by atoms with E-state index in [9.17, 15) is 13.2 Å². The summed E-state index contributed by atoms with van der Waals surface area (Å²) < 4.78 is 32.1. The minimum atomic E-state index is -3.69. The first-order valence-corrected chi connectivity index (χ1v) is 9.21. The number of aromatic carboxylic acids is 1. The molecule has 0 radical (unpaired) electrons. The molecule has 1 N–H and O–H groups in total. The third-order valence-corrected chi connectivity index (χ3v) is 5.55. The molecule has 6 nitrogen and oxygen atoms in total. The second-order valence-electron chi connectivity index (χ2n) is 5.63. The van der Waals surface area contributed by atoms with Crippen LogP contribution in [0.2, 0.25) is 0 Å². The summed E-state index contributed by atoms with van der Waals surface area (Å²) in [5, 5.41) is 9.16. The predicted molar refractivity (Wildman–Crippen MR) is 94.4 cm³/mol. The number of sulfonamides is 1. The van der Waals surface area contributed by atoms with Crippen LogP contribution in [0.3, 0.4) is 0 Å². The Kier molecular flexibility index (Phi) is 5.81. The highest BCUT2D eigenvalue weighted by Gasteiger charge is 2.22. The Hall–Kier alpha value is -2.38. The topological polar surface area (TPSA) is 83.9 Å². The van der Waals surface area contributed by atoms with Crippen molar-refractivity contribution in [3.63, 3.8) is 0 Å². The van der Waals surface area contributed by atoms with Crippen molar-refractivity contribution < 1.29 is 23.1 Å². The van der Waals surface area contributed by atoms with E-state index in [1.807, 2.05) is 13.8 Å². The van der Waals surface area contributed by atoms with Crippen LogP contribution >= 0.6 is 0 Å². The molecule has 0 atom stereocenters. The van der Waals surface area contributed by atoms with Crippen LogP contribution in [-0.2, 0) is 16.6 Å². The van der Waals surface area contributed by atoms with Gasteiger partial charge in [-0.1, -0.05) is 17.7 Å². The summed E-state index contributed by atoms with van der Waals surface area (Å²) in [6, 6.07) is 11.0. The molecule has 0 saturated heterocycles. The maximum atomic E-state index is 12.7. The number of nitrogens with zero attached hydrogens (tertiary/aromatic N) is 1. The molecule has 0 amide bonds. The van der Waals surface area contributed by atoms with Gasteiger partial charge in [-0.15, -0.1) is 0 Å². The predicted octanol–water partition coefficient (Wildman–Crippen LogP) is 2.91. The van der Waals surface area contributed by atoms with E-state index in [4.69, 9.17) is 9.84 Å². The number of rotatable bonds is 7. The van der Waals surface area contributed by atoms with Crippen molar-refractivity contribution in [3.8, 4) is 5.75 Å². The first-order valence-electron chi connectivity index (χ1n) is 7.77. The normalized spacial score (nSPS) is 11.5. The van der Waals surface area contributed by atoms with Gasteiger partial charge in [0, 0.05) is 19.2 Å². The van der Waals surface area contributed by atoms with E-state index < -0.39 is 16.0 Å². The van der Waals surface area contributed by atoms with Crippen LogP contribution in [0.15, 0.2) is 47.4 Å². The van der Waals surface area contributed by atoms with Gasteiger partial charge in [-0.3, -0.25) is 0 Å². The summed E-state index contributed by atoms with van der Waals surface area (Å²) in [7, 11) is -2.23. The highest BCUT2D eigenvalue weighted by atomic mass is 32.2. The summed E-state index contributed by atoms with van der Waals surface area (Å²) in [6.45, 7) is 4.09. The molecule has 0 fully saturated rings. The van der Waals surface area contributed by atoms with E-state index in [0.717, 1.165) is 5.56 Å². The Morgan fingerprint density at radius 1 is 1.16 bits per heavy atom. The Bertz CT molecular complexity index is 860. The first kappa shape index (κ1) is 19.0. The minimum Gasteiger partial charge on any atom is -0.494 e. The number of hydrogen-bond acceptors (Lipinski definition) is 4. The quantitative estimate of drug-likeness (QED) is 0.818. The van der Waals surface area contributed by atoms with Gasteiger partial charge in [-0.2, -0.15) is 4.31 Å². The summed E-state index contributed by atoms with van der Waals surface area (Å²) in [6.07, 6.45) is 0. The Morgan fingerprint density at radius 3 is 2.36 bits per heavy atom. The lowest BCUT2D eigenvalue weighted by atomic mass is 10.1. The molecular formula is C18H21NO5S. The van der Waals surface area contributed by atoms with Gasteiger partial charge in [0.15, 0.2) is 0 Å². The minimum absolute atomic E-state index is 0.00661. The standard InChI is InChI=1S/C18H21NO5S/c1-4-24-17-10-7-14(18(20)21)11-15(17)12-19(3)25(22,23)16-8-5-13(2)6-9-16/h5-11H,4,12H2,1-3H3,(H,20,21). The number of benzene rings is 2. The fourth-order valence-electron chi connectivity index (χ4n) is 2.35. The van der Waals surface area contributed by atoms with Crippen LogP contribution in [-0.4, -0.2) is 37.5 Å². The second kappa shape index (κ2) is 7.67. The van der Waals surface area contributed by atoms with Crippen molar-refractivity contribution in [1.82, 2.24) is 4.31 Å². The number of carbonyl (C=O) groups is 1. The van der Waals surface area contributed by atoms with Crippen molar-refractivity contribution in [2.24, 2.45) is 0 Å². The lowest BCUT2D eigenvalue weighted by Gasteiger charge is -2.19. The lowest BCUT2D eigenvalue weighted by molar-refractivity contribution is 0.0696. The lowest BCUT2D eigenvalue weighted by Crippen LogP contribution is -2.27. The zero-order chi connectivity index (χ0) is 18.6.